The Morgan fingerprint density at radius 2 is 1.98 bits per heavy atom. The van der Waals surface area contributed by atoms with E-state index in [2.05, 4.69) is 15.5 Å². The number of hydrogen-bond donors (Lipinski definition) is 3. The molecule has 6 rings (SSSR count). The maximum atomic E-state index is 13.0. The van der Waals surface area contributed by atoms with Gasteiger partial charge in [-0.2, -0.15) is 8.78 Å². The van der Waals surface area contributed by atoms with Crippen LogP contribution in [0.4, 0.5) is 14.6 Å². The summed E-state index contributed by atoms with van der Waals surface area (Å²) in [6.07, 6.45) is 3.26. The van der Waals surface area contributed by atoms with Gasteiger partial charge in [0.05, 0.1) is 23.8 Å². The van der Waals surface area contributed by atoms with Crippen LogP contribution in [0.1, 0.15) is 52.0 Å². The summed E-state index contributed by atoms with van der Waals surface area (Å²) in [5.41, 5.74) is 2.51. The van der Waals surface area contributed by atoms with Crippen LogP contribution in [0.5, 0.6) is 11.5 Å². The van der Waals surface area contributed by atoms with E-state index in [-0.39, 0.29) is 29.9 Å². The number of rotatable bonds is 10. The number of hydrogen-bond acceptors (Lipinski definition) is 9. The Morgan fingerprint density at radius 1 is 1.19 bits per heavy atom. The molecule has 1 unspecified atom stereocenters. The molecule has 2 aromatic carbocycles. The van der Waals surface area contributed by atoms with Gasteiger partial charge in [0.15, 0.2) is 0 Å². The average molecular weight is 615 g/mol. The first-order valence-corrected chi connectivity index (χ1v) is 13.8. The van der Waals surface area contributed by atoms with Crippen molar-refractivity contribution in [3.05, 3.63) is 88.3 Å². The molecule has 0 bridgehead atoms. The van der Waals surface area contributed by atoms with Crippen LogP contribution in [0.15, 0.2) is 65.3 Å². The molecular weight excluding hydrogens is 586 g/mol. The lowest BCUT2D eigenvalue weighted by Crippen LogP contribution is -2.22. The van der Waals surface area contributed by atoms with Crippen LogP contribution in [-0.2, 0) is 6.61 Å². The van der Waals surface area contributed by atoms with E-state index in [4.69, 9.17) is 35.8 Å². The zero-order valence-corrected chi connectivity index (χ0v) is 23.8. The summed E-state index contributed by atoms with van der Waals surface area (Å²) in [6, 6.07) is 15.1. The van der Waals surface area contributed by atoms with Crippen molar-refractivity contribution < 1.29 is 37.8 Å². The number of carboxylic acids is 1. The Kier molecular flexibility index (Phi) is 9.39. The molecule has 2 fully saturated rings. The van der Waals surface area contributed by atoms with E-state index in [1.165, 1.54) is 18.3 Å². The molecule has 0 amide bonds. The van der Waals surface area contributed by atoms with Crippen molar-refractivity contribution in [3.8, 4) is 22.8 Å². The molecule has 2 aromatic heterocycles. The molecule has 1 aliphatic heterocycles. The predicted molar refractivity (Wildman–Crippen MR) is 154 cm³/mol. The average Bonchev–Trinajstić information content (AvgIpc) is 3.58. The first kappa shape index (κ1) is 30.2. The molecule has 1 aliphatic carbocycles. The predicted octanol–water partition coefficient (Wildman–Crippen LogP) is 5.86. The molecule has 1 saturated heterocycles. The Hall–Kier alpha value is -4.26. The standard InChI is InChI=1S/C29H25ClF2N4O5.CH4O/c30-22-11-18(8-9-19(22)23-13-36(15-34-23)25-10-7-17(12-33-25)28(37)38)39-14-21-26(35-41-27(21)16-5-6-16)20-3-1-2-4-24(20)40-29(31)32;1-2/h1-4,7-12,16,23,29,34H,5-6,13-15H2,(H,37,38);2H,1H3. The highest BCUT2D eigenvalue weighted by molar-refractivity contribution is 6.31. The van der Waals surface area contributed by atoms with E-state index < -0.39 is 12.6 Å². The number of aliphatic hydroxyl groups excluding tert-OH is 1. The minimum Gasteiger partial charge on any atom is -0.489 e. The van der Waals surface area contributed by atoms with Gasteiger partial charge in [0.2, 0.25) is 0 Å². The number of halogens is 3. The highest BCUT2D eigenvalue weighted by Gasteiger charge is 2.34. The van der Waals surface area contributed by atoms with E-state index in [0.29, 0.717) is 52.4 Å². The number of ether oxygens (including phenoxy) is 2. The Labute approximate surface area is 250 Å². The van der Waals surface area contributed by atoms with Crippen LogP contribution in [0.25, 0.3) is 11.3 Å². The van der Waals surface area contributed by atoms with Crippen LogP contribution in [0, 0.1) is 0 Å². The number of aromatic carboxylic acids is 1. The largest absolute Gasteiger partial charge is 0.489 e. The third-order valence-electron chi connectivity index (χ3n) is 7.11. The smallest absolute Gasteiger partial charge is 0.387 e. The quantitative estimate of drug-likeness (QED) is 0.200. The van der Waals surface area contributed by atoms with Crippen molar-refractivity contribution in [2.75, 3.05) is 25.2 Å². The monoisotopic (exact) mass is 614 g/mol. The van der Waals surface area contributed by atoms with Gasteiger partial charge in [-0.1, -0.05) is 35.0 Å². The number of para-hydroxylation sites is 1. The minimum absolute atomic E-state index is 0.0120. The van der Waals surface area contributed by atoms with E-state index >= 15 is 0 Å². The number of aromatic nitrogens is 2. The number of nitrogens with one attached hydrogen (secondary N) is 1. The third-order valence-corrected chi connectivity index (χ3v) is 7.43. The highest BCUT2D eigenvalue weighted by atomic mass is 35.5. The molecule has 43 heavy (non-hydrogen) atoms. The summed E-state index contributed by atoms with van der Waals surface area (Å²) in [6.45, 7) is -1.75. The lowest BCUT2D eigenvalue weighted by atomic mass is 10.0. The number of pyridine rings is 1. The number of carbonyl (C=O) groups is 1. The molecule has 0 radical (unpaired) electrons. The maximum Gasteiger partial charge on any atom is 0.387 e. The van der Waals surface area contributed by atoms with Gasteiger partial charge in [-0.15, -0.1) is 0 Å². The first-order valence-electron chi connectivity index (χ1n) is 13.4. The number of anilines is 1. The molecule has 10 nitrogen and oxygen atoms in total. The molecule has 4 aromatic rings. The molecule has 0 spiro atoms. The topological polar surface area (TPSA) is 130 Å². The van der Waals surface area contributed by atoms with Gasteiger partial charge in [0.25, 0.3) is 0 Å². The molecule has 1 saturated carbocycles. The van der Waals surface area contributed by atoms with Crippen molar-refractivity contribution in [3.63, 3.8) is 0 Å². The molecule has 226 valence electrons. The van der Waals surface area contributed by atoms with Gasteiger partial charge in [0, 0.05) is 36.4 Å². The van der Waals surface area contributed by atoms with E-state index in [1.54, 1.807) is 30.3 Å². The van der Waals surface area contributed by atoms with Gasteiger partial charge >= 0.3 is 12.6 Å². The van der Waals surface area contributed by atoms with Crippen molar-refractivity contribution in [1.82, 2.24) is 15.5 Å². The van der Waals surface area contributed by atoms with Crippen LogP contribution in [-0.4, -0.2) is 53.3 Å². The van der Waals surface area contributed by atoms with Gasteiger partial charge in [0.1, 0.15) is 35.4 Å². The number of carboxylic acid groups (broad SMARTS) is 1. The molecule has 1 atom stereocenters. The molecular formula is C30H29ClF2N4O6. The summed E-state index contributed by atoms with van der Waals surface area (Å²) in [5, 5.41) is 24.2. The lowest BCUT2D eigenvalue weighted by molar-refractivity contribution is -0.0494. The van der Waals surface area contributed by atoms with Gasteiger partial charge in [-0.3, -0.25) is 5.32 Å². The van der Waals surface area contributed by atoms with Crippen LogP contribution < -0.4 is 19.7 Å². The van der Waals surface area contributed by atoms with Crippen LogP contribution in [0.3, 0.4) is 0 Å². The van der Waals surface area contributed by atoms with Crippen molar-refractivity contribution in [2.45, 2.75) is 38.0 Å². The number of nitrogens with zero attached hydrogens (tertiary/aromatic N) is 3. The van der Waals surface area contributed by atoms with E-state index in [0.717, 1.165) is 25.5 Å². The van der Waals surface area contributed by atoms with Crippen molar-refractivity contribution >= 4 is 23.4 Å². The number of alkyl halides is 2. The lowest BCUT2D eigenvalue weighted by Gasteiger charge is -2.17. The summed E-state index contributed by atoms with van der Waals surface area (Å²) in [4.78, 5) is 17.4. The molecule has 3 heterocycles. The molecule has 3 N–H and O–H groups in total. The fraction of sp³-hybridized carbons (Fsp3) is 0.300. The minimum atomic E-state index is -2.97. The van der Waals surface area contributed by atoms with E-state index in [9.17, 15) is 13.6 Å². The van der Waals surface area contributed by atoms with Crippen molar-refractivity contribution in [1.29, 1.82) is 0 Å². The maximum absolute atomic E-state index is 13.0. The summed E-state index contributed by atoms with van der Waals surface area (Å²) in [7, 11) is 1.00. The normalized spacial score (nSPS) is 16.1. The Morgan fingerprint density at radius 3 is 2.65 bits per heavy atom. The third kappa shape index (κ3) is 6.87. The van der Waals surface area contributed by atoms with Gasteiger partial charge in [-0.25, -0.2) is 9.78 Å². The zero-order chi connectivity index (χ0) is 30.5. The first-order chi connectivity index (χ1) is 20.9. The van der Waals surface area contributed by atoms with Crippen LogP contribution in [0.2, 0.25) is 5.02 Å². The number of aliphatic hydroxyl groups is 1. The highest BCUT2D eigenvalue weighted by Crippen LogP contribution is 2.45. The zero-order valence-electron chi connectivity index (χ0n) is 23.0. The van der Waals surface area contributed by atoms with Gasteiger partial charge < -0.3 is 29.1 Å². The second-order valence-electron chi connectivity index (χ2n) is 9.84. The second-order valence-corrected chi connectivity index (χ2v) is 10.2. The summed E-state index contributed by atoms with van der Waals surface area (Å²) < 4.78 is 42.5. The second kappa shape index (κ2) is 13.4. The van der Waals surface area contributed by atoms with Crippen LogP contribution >= 0.6 is 11.6 Å². The Bertz CT molecular complexity index is 1560. The molecule has 2 aliphatic rings. The SMILES string of the molecule is CO.O=C(O)c1ccc(N2CNC(c3ccc(OCc4c(-c5ccccc5OC(F)F)noc4C4CC4)cc3Cl)C2)nc1. The summed E-state index contributed by atoms with van der Waals surface area (Å²) >= 11 is 6.67. The van der Waals surface area contributed by atoms with Gasteiger partial charge in [-0.05, 0) is 54.8 Å². The number of benzene rings is 2. The van der Waals surface area contributed by atoms with E-state index in [1.807, 2.05) is 17.0 Å². The molecule has 13 heteroatoms. The summed E-state index contributed by atoms with van der Waals surface area (Å²) in [5.74, 6) is 1.09. The fourth-order valence-corrected chi connectivity index (χ4v) is 5.19. The fourth-order valence-electron chi connectivity index (χ4n) is 4.89. The van der Waals surface area contributed by atoms with Crippen molar-refractivity contribution in [2.24, 2.45) is 0 Å². The Balaban J connectivity index is 0.00000180.